The first-order valence-corrected chi connectivity index (χ1v) is 18.0. The minimum Gasteiger partial charge on any atom is -0.461 e. The van der Waals surface area contributed by atoms with Crippen molar-refractivity contribution >= 4 is 40.4 Å². The van der Waals surface area contributed by atoms with E-state index < -0.39 is 11.8 Å². The summed E-state index contributed by atoms with van der Waals surface area (Å²) in [5.41, 5.74) is 6.82. The van der Waals surface area contributed by atoms with E-state index in [0.29, 0.717) is 46.4 Å². The Morgan fingerprint density at radius 2 is 1.92 bits per heavy atom. The van der Waals surface area contributed by atoms with E-state index in [1.54, 1.807) is 23.3 Å². The lowest BCUT2D eigenvalue weighted by molar-refractivity contribution is -0.142. The quantitative estimate of drug-likeness (QED) is 0.251. The molecule has 4 aromatic rings. The number of esters is 1. The number of rotatable bonds is 7. The van der Waals surface area contributed by atoms with Crippen LogP contribution in [0.25, 0.3) is 11.3 Å². The number of carbonyl (C=O) groups is 2. The van der Waals surface area contributed by atoms with Gasteiger partial charge < -0.3 is 24.3 Å². The monoisotopic (exact) mass is 697 g/mol. The first-order valence-electron chi connectivity index (χ1n) is 17.1. The predicted molar refractivity (Wildman–Crippen MR) is 190 cm³/mol. The Hall–Kier alpha value is -4.39. The number of fused-ring (bicyclic) bond motifs is 4. The molecule has 2 aromatic carbocycles. The molecule has 50 heavy (non-hydrogen) atoms. The molecule has 10 nitrogen and oxygen atoms in total. The van der Waals surface area contributed by atoms with E-state index in [-0.39, 0.29) is 29.3 Å². The lowest BCUT2D eigenvalue weighted by atomic mass is 9.89. The minimum atomic E-state index is -0.571. The number of benzene rings is 2. The fraction of sp³-hybridized carbons (Fsp3) is 0.421. The maximum absolute atomic E-state index is 15.6. The highest BCUT2D eigenvalue weighted by molar-refractivity contribution is 7.14. The van der Waals surface area contributed by atoms with Gasteiger partial charge in [-0.25, -0.2) is 9.37 Å². The molecule has 5 heterocycles. The number of thiophene rings is 1. The third-order valence-corrected chi connectivity index (χ3v) is 11.7. The van der Waals surface area contributed by atoms with Crippen LogP contribution < -0.4 is 15.8 Å². The number of hydrogen-bond acceptors (Lipinski definition) is 9. The van der Waals surface area contributed by atoms with Gasteiger partial charge in [0.2, 0.25) is 0 Å². The van der Waals surface area contributed by atoms with Crippen LogP contribution in [0.2, 0.25) is 0 Å². The van der Waals surface area contributed by atoms with E-state index in [2.05, 4.69) is 36.2 Å². The fourth-order valence-corrected chi connectivity index (χ4v) is 9.33. The number of halogens is 1. The van der Waals surface area contributed by atoms with Crippen molar-refractivity contribution in [2.75, 3.05) is 36.5 Å². The van der Waals surface area contributed by atoms with Gasteiger partial charge in [-0.3, -0.25) is 19.3 Å². The Morgan fingerprint density at radius 1 is 1.10 bits per heavy atom. The van der Waals surface area contributed by atoms with E-state index in [9.17, 15) is 14.4 Å². The molecule has 12 heteroatoms. The van der Waals surface area contributed by atoms with E-state index in [0.717, 1.165) is 56.8 Å². The van der Waals surface area contributed by atoms with Crippen LogP contribution in [0.3, 0.4) is 0 Å². The van der Waals surface area contributed by atoms with Gasteiger partial charge in [-0.2, -0.15) is 0 Å². The maximum Gasteiger partial charge on any atom is 0.302 e. The molecule has 0 radical (unpaired) electrons. The Kier molecular flexibility index (Phi) is 8.15. The molecule has 3 aliphatic heterocycles. The molecule has 1 aliphatic carbocycles. The summed E-state index contributed by atoms with van der Waals surface area (Å²) in [6, 6.07) is 9.19. The third-order valence-electron chi connectivity index (χ3n) is 10.4. The van der Waals surface area contributed by atoms with E-state index >= 15 is 4.39 Å². The summed E-state index contributed by atoms with van der Waals surface area (Å²) in [4.78, 5) is 50.2. The zero-order valence-corrected chi connectivity index (χ0v) is 29.5. The molecular weight excluding hydrogens is 658 g/mol. The minimum absolute atomic E-state index is 0.0768. The zero-order valence-electron chi connectivity index (χ0n) is 28.7. The number of nitrogens with one attached hydrogen (secondary N) is 1. The van der Waals surface area contributed by atoms with Gasteiger partial charge in [0, 0.05) is 61.5 Å². The van der Waals surface area contributed by atoms with Crippen molar-refractivity contribution < 1.29 is 23.5 Å². The number of nitrogens with zero attached hydrogens (tertiary/aromatic N) is 4. The number of aromatic nitrogens is 2. The standard InChI is InChI=1S/C38H40FN5O5S/c1-21(45)49-20-30-28(12-24(39)13-32(30)44-10-8-27-29-14-38(2,3)15-33(29)50-34(27)36(44)46)31-17-42(4)37(47)35(41-31)40-25-6-5-23-16-43(26-18-48-19-26)9-7-22(23)11-25/h5-6,11-13,17,26H,7-10,14-16,18-20H2,1-4H3,(H,40,41). The van der Waals surface area contributed by atoms with Crippen molar-refractivity contribution in [3.05, 3.63) is 90.3 Å². The van der Waals surface area contributed by atoms with Crippen LogP contribution in [0.5, 0.6) is 0 Å². The van der Waals surface area contributed by atoms with Gasteiger partial charge in [-0.1, -0.05) is 19.9 Å². The molecule has 0 bridgehead atoms. The number of ether oxygens (including phenoxy) is 2. The van der Waals surface area contributed by atoms with Gasteiger partial charge in [0.15, 0.2) is 5.82 Å². The summed E-state index contributed by atoms with van der Waals surface area (Å²) < 4.78 is 27.9. The average molecular weight is 698 g/mol. The Balaban J connectivity index is 1.14. The topological polar surface area (TPSA) is 106 Å². The molecule has 2 aromatic heterocycles. The van der Waals surface area contributed by atoms with Gasteiger partial charge in [0.25, 0.3) is 11.5 Å². The lowest BCUT2D eigenvalue weighted by Gasteiger charge is -2.40. The van der Waals surface area contributed by atoms with Crippen LogP contribution >= 0.6 is 11.3 Å². The molecule has 8 rings (SSSR count). The molecule has 1 N–H and O–H groups in total. The summed E-state index contributed by atoms with van der Waals surface area (Å²) in [7, 11) is 1.61. The van der Waals surface area contributed by atoms with Crippen LogP contribution in [-0.4, -0.2) is 58.7 Å². The summed E-state index contributed by atoms with van der Waals surface area (Å²) in [5.74, 6) is -1.19. The van der Waals surface area contributed by atoms with Gasteiger partial charge in [-0.05, 0) is 77.6 Å². The molecule has 0 atom stereocenters. The molecule has 0 saturated carbocycles. The number of hydrogen-bond donors (Lipinski definition) is 1. The largest absolute Gasteiger partial charge is 0.461 e. The molecular formula is C38H40FN5O5S. The Bertz CT molecular complexity index is 2120. The molecule has 4 aliphatic rings. The van der Waals surface area contributed by atoms with Crippen molar-refractivity contribution in [1.29, 1.82) is 0 Å². The Labute approximate surface area is 293 Å². The highest BCUT2D eigenvalue weighted by atomic mass is 32.1. The number of anilines is 3. The van der Waals surface area contributed by atoms with Crippen molar-refractivity contribution in [3.8, 4) is 11.3 Å². The van der Waals surface area contributed by atoms with Crippen LogP contribution in [0.4, 0.5) is 21.6 Å². The highest BCUT2D eigenvalue weighted by Gasteiger charge is 2.39. The van der Waals surface area contributed by atoms with Gasteiger partial charge in [0.05, 0.1) is 35.5 Å². The van der Waals surface area contributed by atoms with Crippen molar-refractivity contribution in [3.63, 3.8) is 0 Å². The van der Waals surface area contributed by atoms with Crippen molar-refractivity contribution in [1.82, 2.24) is 14.5 Å². The molecule has 0 spiro atoms. The third kappa shape index (κ3) is 5.92. The van der Waals surface area contributed by atoms with E-state index in [1.165, 1.54) is 51.4 Å². The first kappa shape index (κ1) is 32.8. The summed E-state index contributed by atoms with van der Waals surface area (Å²) in [6.45, 7) is 9.33. The average Bonchev–Trinajstić information content (AvgIpc) is 3.53. The van der Waals surface area contributed by atoms with Crippen molar-refractivity contribution in [2.45, 2.75) is 65.6 Å². The molecule has 1 saturated heterocycles. The second-order valence-corrected chi connectivity index (χ2v) is 15.8. The highest BCUT2D eigenvalue weighted by Crippen LogP contribution is 2.46. The van der Waals surface area contributed by atoms with Crippen LogP contribution in [0, 0.1) is 11.2 Å². The van der Waals surface area contributed by atoms with Crippen molar-refractivity contribution in [2.24, 2.45) is 12.5 Å². The molecule has 1 fully saturated rings. The lowest BCUT2D eigenvalue weighted by Crippen LogP contribution is -2.50. The van der Waals surface area contributed by atoms with Crippen LogP contribution in [0.1, 0.15) is 63.1 Å². The van der Waals surface area contributed by atoms with Crippen LogP contribution in [0.15, 0.2) is 41.3 Å². The SMILES string of the molecule is CC(=O)OCc1c(-c2cn(C)c(=O)c(Nc3ccc4c(c3)CCN(C3COC3)C4)n2)cc(F)cc1N1CCc2c(sc3c2CC(C)(C)C3)C1=O. The number of carbonyl (C=O) groups excluding carboxylic acids is 2. The molecule has 1 amide bonds. The summed E-state index contributed by atoms with van der Waals surface area (Å²) >= 11 is 1.55. The maximum atomic E-state index is 15.6. The smallest absolute Gasteiger partial charge is 0.302 e. The van der Waals surface area contributed by atoms with E-state index in [1.807, 2.05) is 6.07 Å². The summed E-state index contributed by atoms with van der Waals surface area (Å²) in [6.07, 6.45) is 4.96. The van der Waals surface area contributed by atoms with Gasteiger partial charge >= 0.3 is 5.97 Å². The summed E-state index contributed by atoms with van der Waals surface area (Å²) in [5, 5.41) is 3.21. The molecule has 0 unspecified atom stereocenters. The van der Waals surface area contributed by atoms with E-state index in [4.69, 9.17) is 14.5 Å². The Morgan fingerprint density at radius 3 is 2.68 bits per heavy atom. The second kappa shape index (κ2) is 12.4. The van der Waals surface area contributed by atoms with Crippen LogP contribution in [-0.2, 0) is 60.2 Å². The number of aryl methyl sites for hydroxylation is 1. The molecule has 260 valence electrons. The second-order valence-electron chi connectivity index (χ2n) is 14.7. The fourth-order valence-electron chi connectivity index (χ4n) is 7.76. The van der Waals surface area contributed by atoms with Gasteiger partial charge in [-0.15, -0.1) is 11.3 Å². The van der Waals surface area contributed by atoms with Gasteiger partial charge in [0.1, 0.15) is 12.4 Å². The first-order chi connectivity index (χ1) is 23.9. The normalized spacial score (nSPS) is 18.3. The predicted octanol–water partition coefficient (Wildman–Crippen LogP) is 5.54. The number of amides is 1. The zero-order chi connectivity index (χ0) is 34.9.